The molecule has 2 aromatic rings. The van der Waals surface area contributed by atoms with E-state index in [2.05, 4.69) is 92.2 Å². The number of benzene rings is 2. The Labute approximate surface area is 212 Å². The minimum atomic E-state index is 0.188. The van der Waals surface area contributed by atoms with E-state index >= 15 is 0 Å². The van der Waals surface area contributed by atoms with Crippen LogP contribution < -0.4 is 0 Å². The van der Waals surface area contributed by atoms with Crippen LogP contribution in [0.3, 0.4) is 0 Å². The number of hydrogen-bond acceptors (Lipinski definition) is 1. The maximum atomic E-state index is 4.23. The van der Waals surface area contributed by atoms with Gasteiger partial charge in [0.2, 0.25) is 0 Å². The molecule has 0 bridgehead atoms. The molecular weight excluding hydrogens is 522 g/mol. The molecule has 0 spiro atoms. The molecule has 0 amide bonds. The van der Waals surface area contributed by atoms with E-state index in [1.165, 1.54) is 89.3 Å². The largest absolute Gasteiger partial charge is 0.299 e. The van der Waals surface area contributed by atoms with Gasteiger partial charge in [-0.25, -0.2) is 0 Å². The van der Waals surface area contributed by atoms with Gasteiger partial charge in [0.05, 0.1) is 8.65 Å². The van der Waals surface area contributed by atoms with Crippen LogP contribution in [0.2, 0.25) is 0 Å². The highest BCUT2D eigenvalue weighted by atomic mass is 79.9. The molecule has 3 heteroatoms. The van der Waals surface area contributed by atoms with Crippen molar-refractivity contribution in [1.82, 2.24) is 4.90 Å². The Morgan fingerprint density at radius 2 is 1.31 bits per heavy atom. The molecule has 0 N–H and O–H groups in total. The minimum Gasteiger partial charge on any atom is -0.299 e. The van der Waals surface area contributed by atoms with Gasteiger partial charge in [0.15, 0.2) is 0 Å². The third kappa shape index (κ3) is 5.70. The number of nitrogens with zero attached hydrogens (tertiary/aromatic N) is 1. The van der Waals surface area contributed by atoms with Crippen LogP contribution >= 0.6 is 31.9 Å². The van der Waals surface area contributed by atoms with Gasteiger partial charge >= 0.3 is 0 Å². The van der Waals surface area contributed by atoms with Gasteiger partial charge in [-0.2, -0.15) is 0 Å². The summed E-state index contributed by atoms with van der Waals surface area (Å²) in [5.74, 6) is 0. The molecule has 2 aliphatic carbocycles. The van der Waals surface area contributed by atoms with Crippen LogP contribution in [-0.4, -0.2) is 18.0 Å². The smallest absolute Gasteiger partial charge is 0.0508 e. The Bertz CT molecular complexity index is 810. The van der Waals surface area contributed by atoms with Crippen molar-refractivity contribution in [2.75, 3.05) is 13.1 Å². The van der Waals surface area contributed by atoms with Crippen LogP contribution in [0.4, 0.5) is 0 Å². The van der Waals surface area contributed by atoms with Gasteiger partial charge in [-0.3, -0.25) is 4.90 Å². The highest BCUT2D eigenvalue weighted by Gasteiger charge is 2.39. The summed E-state index contributed by atoms with van der Waals surface area (Å²) in [4.78, 5) is 2.65. The first-order valence-electron chi connectivity index (χ1n) is 12.8. The summed E-state index contributed by atoms with van der Waals surface area (Å²) in [6.45, 7) is 5.71. The maximum absolute atomic E-state index is 4.23. The van der Waals surface area contributed by atoms with Gasteiger partial charge in [0.25, 0.3) is 0 Å². The fourth-order valence-corrected chi connectivity index (χ4v) is 7.88. The number of hydrogen-bond donors (Lipinski definition) is 0. The summed E-state index contributed by atoms with van der Waals surface area (Å²) in [7, 11) is 0. The molecule has 0 aromatic heterocycles. The van der Waals surface area contributed by atoms with E-state index in [0.29, 0.717) is 0 Å². The molecule has 0 atom stereocenters. The SMILES string of the molecule is CCCN(CCCc1c(C2(Br)CCCC2)cccc1C1(Br)CCCC1)Cc1ccccc1. The highest BCUT2D eigenvalue weighted by Crippen LogP contribution is 2.52. The van der Waals surface area contributed by atoms with Gasteiger partial charge < -0.3 is 0 Å². The van der Waals surface area contributed by atoms with Gasteiger partial charge in [0.1, 0.15) is 0 Å². The van der Waals surface area contributed by atoms with Crippen LogP contribution in [-0.2, 0) is 21.6 Å². The average molecular weight is 561 g/mol. The van der Waals surface area contributed by atoms with Crippen LogP contribution in [0.1, 0.15) is 93.4 Å². The Morgan fingerprint density at radius 1 is 0.750 bits per heavy atom. The van der Waals surface area contributed by atoms with E-state index in [1.807, 2.05) is 0 Å². The monoisotopic (exact) mass is 559 g/mol. The fraction of sp³-hybridized carbons (Fsp3) is 0.586. The van der Waals surface area contributed by atoms with Crippen LogP contribution in [0.15, 0.2) is 48.5 Å². The van der Waals surface area contributed by atoms with Gasteiger partial charge in [-0.05, 0) is 80.3 Å². The first kappa shape index (κ1) is 24.5. The quantitative estimate of drug-likeness (QED) is 0.262. The van der Waals surface area contributed by atoms with Crippen molar-refractivity contribution < 1.29 is 0 Å². The first-order chi connectivity index (χ1) is 15.5. The lowest BCUT2D eigenvalue weighted by atomic mass is 9.83. The van der Waals surface area contributed by atoms with Crippen molar-refractivity contribution in [2.24, 2.45) is 0 Å². The zero-order valence-corrected chi connectivity index (χ0v) is 22.9. The molecule has 174 valence electrons. The lowest BCUT2D eigenvalue weighted by Crippen LogP contribution is -2.27. The Hall–Kier alpha value is -0.640. The number of rotatable bonds is 10. The van der Waals surface area contributed by atoms with Crippen molar-refractivity contribution in [3.8, 4) is 0 Å². The summed E-state index contributed by atoms with van der Waals surface area (Å²) in [5.41, 5.74) is 6.24. The zero-order valence-electron chi connectivity index (χ0n) is 19.7. The van der Waals surface area contributed by atoms with E-state index in [4.69, 9.17) is 0 Å². The molecule has 0 heterocycles. The molecule has 4 rings (SSSR count). The summed E-state index contributed by atoms with van der Waals surface area (Å²) < 4.78 is 0.376. The van der Waals surface area contributed by atoms with Crippen molar-refractivity contribution in [3.05, 3.63) is 70.8 Å². The molecule has 2 saturated carbocycles. The molecule has 0 radical (unpaired) electrons. The van der Waals surface area contributed by atoms with Crippen molar-refractivity contribution in [3.63, 3.8) is 0 Å². The lowest BCUT2D eigenvalue weighted by molar-refractivity contribution is 0.262. The Kier molecular flexibility index (Phi) is 8.56. The van der Waals surface area contributed by atoms with Crippen molar-refractivity contribution in [1.29, 1.82) is 0 Å². The molecule has 1 nitrogen and oxygen atoms in total. The molecule has 2 aromatic carbocycles. The predicted molar refractivity (Wildman–Crippen MR) is 145 cm³/mol. The van der Waals surface area contributed by atoms with Crippen LogP contribution in [0, 0.1) is 0 Å². The van der Waals surface area contributed by atoms with Gasteiger partial charge in [-0.15, -0.1) is 0 Å². The molecule has 0 saturated heterocycles. The zero-order chi connectivity index (χ0) is 22.4. The van der Waals surface area contributed by atoms with Gasteiger partial charge in [-0.1, -0.05) is 113 Å². The predicted octanol–water partition coefficient (Wildman–Crippen LogP) is 8.86. The molecule has 0 aliphatic heterocycles. The standard InChI is InChI=1S/C29H39Br2N/c1-2-21-32(23-24-12-4-3-5-13-24)22-11-14-25-26(28(30)17-6-7-18-28)15-10-16-27(25)29(31)19-8-9-20-29/h3-5,10,12-13,15-16H,2,6-9,11,14,17-23H2,1H3. The van der Waals surface area contributed by atoms with Gasteiger partial charge in [0, 0.05) is 6.54 Å². The summed E-state index contributed by atoms with van der Waals surface area (Å²) >= 11 is 8.46. The molecular formula is C29H39Br2N. The lowest BCUT2D eigenvalue weighted by Gasteiger charge is -2.32. The fourth-order valence-electron chi connectivity index (χ4n) is 6.01. The maximum Gasteiger partial charge on any atom is 0.0508 e. The minimum absolute atomic E-state index is 0.188. The summed E-state index contributed by atoms with van der Waals surface area (Å²) in [6.07, 6.45) is 14.1. The first-order valence-corrected chi connectivity index (χ1v) is 14.4. The Morgan fingerprint density at radius 3 is 1.84 bits per heavy atom. The number of halogens is 2. The third-order valence-electron chi connectivity index (χ3n) is 7.62. The molecule has 32 heavy (non-hydrogen) atoms. The topological polar surface area (TPSA) is 3.24 Å². The van der Waals surface area contributed by atoms with Crippen molar-refractivity contribution >= 4 is 31.9 Å². The van der Waals surface area contributed by atoms with Crippen LogP contribution in [0.5, 0.6) is 0 Å². The van der Waals surface area contributed by atoms with Crippen molar-refractivity contribution in [2.45, 2.75) is 92.7 Å². The van der Waals surface area contributed by atoms with E-state index in [9.17, 15) is 0 Å². The second-order valence-corrected chi connectivity index (χ2v) is 13.1. The summed E-state index contributed by atoms with van der Waals surface area (Å²) in [6, 6.07) is 18.2. The second-order valence-electron chi connectivity index (χ2n) is 10.0. The molecule has 0 unspecified atom stereocenters. The molecule has 2 fully saturated rings. The van der Waals surface area contributed by atoms with E-state index in [0.717, 1.165) is 6.54 Å². The number of alkyl halides is 2. The Balaban J connectivity index is 1.54. The van der Waals surface area contributed by atoms with Crippen LogP contribution in [0.25, 0.3) is 0 Å². The van der Waals surface area contributed by atoms with E-state index in [-0.39, 0.29) is 8.65 Å². The average Bonchev–Trinajstić information content (AvgIpc) is 3.44. The molecule has 2 aliphatic rings. The second kappa shape index (κ2) is 11.2. The normalized spacial score (nSPS) is 19.6. The van der Waals surface area contributed by atoms with E-state index < -0.39 is 0 Å². The third-order valence-corrected chi connectivity index (χ3v) is 10.1. The summed E-state index contributed by atoms with van der Waals surface area (Å²) in [5, 5.41) is 0. The van der Waals surface area contributed by atoms with E-state index in [1.54, 1.807) is 16.7 Å². The highest BCUT2D eigenvalue weighted by molar-refractivity contribution is 9.10.